The van der Waals surface area contributed by atoms with E-state index in [9.17, 15) is 18.0 Å². The van der Waals surface area contributed by atoms with Gasteiger partial charge >= 0.3 is 6.18 Å². The van der Waals surface area contributed by atoms with Gasteiger partial charge in [-0.1, -0.05) is 12.1 Å². The fourth-order valence-corrected chi connectivity index (χ4v) is 3.23. The summed E-state index contributed by atoms with van der Waals surface area (Å²) in [7, 11) is 0. The topological polar surface area (TPSA) is 82.7 Å². The molecule has 1 atom stereocenters. The zero-order valence-electron chi connectivity index (χ0n) is 14.5. The average Bonchev–Trinajstić information content (AvgIpc) is 3.13. The van der Waals surface area contributed by atoms with Crippen molar-refractivity contribution in [2.24, 2.45) is 0 Å². The molecule has 9 heteroatoms. The molecule has 3 heterocycles. The summed E-state index contributed by atoms with van der Waals surface area (Å²) in [4.78, 5) is 24.0. The summed E-state index contributed by atoms with van der Waals surface area (Å²) in [6.07, 6.45) is -4.35. The number of fused-ring (bicyclic) bond motifs is 2. The Balaban J connectivity index is 1.81. The van der Waals surface area contributed by atoms with Gasteiger partial charge in [0.1, 0.15) is 17.9 Å². The average molecular weight is 375 g/mol. The van der Waals surface area contributed by atoms with Crippen molar-refractivity contribution in [2.45, 2.75) is 26.1 Å². The van der Waals surface area contributed by atoms with Crippen molar-refractivity contribution in [2.75, 3.05) is 11.9 Å². The molecular weight excluding hydrogens is 359 g/mol. The van der Waals surface area contributed by atoms with Crippen LogP contribution in [0.15, 0.2) is 24.3 Å². The second kappa shape index (κ2) is 5.97. The van der Waals surface area contributed by atoms with Gasteiger partial charge in [-0.05, 0) is 26.0 Å². The Morgan fingerprint density at radius 1 is 1.22 bits per heavy atom. The molecule has 1 aliphatic rings. The number of anilines is 1. The minimum atomic E-state index is -4.35. The van der Waals surface area contributed by atoms with Gasteiger partial charge in [0.25, 0.3) is 5.91 Å². The number of aromatic nitrogens is 3. The van der Waals surface area contributed by atoms with Crippen molar-refractivity contribution >= 4 is 22.8 Å². The number of para-hydroxylation sites is 1. The monoisotopic (exact) mass is 375 g/mol. The quantitative estimate of drug-likeness (QED) is 0.652. The van der Waals surface area contributed by atoms with Crippen molar-refractivity contribution in [3.05, 3.63) is 41.2 Å². The fourth-order valence-electron chi connectivity index (χ4n) is 3.23. The maximum absolute atomic E-state index is 12.5. The number of hydrogen-bond donors (Lipinski definition) is 3. The first-order chi connectivity index (χ1) is 12.7. The van der Waals surface area contributed by atoms with Gasteiger partial charge in [0, 0.05) is 11.3 Å². The molecular formula is C18H16F3N5O. The van der Waals surface area contributed by atoms with Gasteiger partial charge in [0.15, 0.2) is 0 Å². The van der Waals surface area contributed by atoms with Gasteiger partial charge < -0.3 is 15.6 Å². The number of rotatable bonds is 3. The molecule has 0 bridgehead atoms. The standard InChI is InChI=1S/C18H16F3N5O/c1-8-14-11(17(27)24-8)6-13(25-14)10-4-3-5-12-15(10)26-16(9(2)23-12)22-7-18(19,20)21/h3-6,8,25H,7H2,1-2H3,(H,22,26)(H,24,27)/t8-/m0/s1. The van der Waals surface area contributed by atoms with Gasteiger partial charge in [0.2, 0.25) is 0 Å². The lowest BCUT2D eigenvalue weighted by Gasteiger charge is -2.13. The molecule has 0 aliphatic carbocycles. The van der Waals surface area contributed by atoms with Crippen molar-refractivity contribution in [3.8, 4) is 11.3 Å². The van der Waals surface area contributed by atoms with E-state index in [1.807, 2.05) is 6.92 Å². The molecule has 3 N–H and O–H groups in total. The molecule has 27 heavy (non-hydrogen) atoms. The lowest BCUT2D eigenvalue weighted by Crippen LogP contribution is -2.22. The number of carbonyl (C=O) groups excluding carboxylic acids is 1. The van der Waals surface area contributed by atoms with E-state index >= 15 is 0 Å². The number of halogens is 3. The summed E-state index contributed by atoms with van der Waals surface area (Å²) in [5, 5.41) is 5.11. The molecule has 140 valence electrons. The molecule has 1 aliphatic heterocycles. The van der Waals surface area contributed by atoms with Gasteiger partial charge in [0.05, 0.1) is 28.5 Å². The van der Waals surface area contributed by atoms with E-state index in [2.05, 4.69) is 25.6 Å². The highest BCUT2D eigenvalue weighted by atomic mass is 19.4. The van der Waals surface area contributed by atoms with Crippen LogP contribution < -0.4 is 10.6 Å². The van der Waals surface area contributed by atoms with Crippen LogP contribution in [0.2, 0.25) is 0 Å². The maximum atomic E-state index is 12.5. The van der Waals surface area contributed by atoms with Gasteiger partial charge in [-0.2, -0.15) is 13.2 Å². The minimum Gasteiger partial charge on any atom is -0.360 e. The fraction of sp³-hybridized carbons (Fsp3) is 0.278. The highest BCUT2D eigenvalue weighted by Gasteiger charge is 2.29. The number of alkyl halides is 3. The van der Waals surface area contributed by atoms with Crippen LogP contribution in [0.3, 0.4) is 0 Å². The van der Waals surface area contributed by atoms with Crippen LogP contribution in [-0.4, -0.2) is 33.6 Å². The van der Waals surface area contributed by atoms with Gasteiger partial charge in [-0.25, -0.2) is 9.97 Å². The van der Waals surface area contributed by atoms with E-state index in [4.69, 9.17) is 0 Å². The number of H-pyrrole nitrogens is 1. The second-order valence-electron chi connectivity index (χ2n) is 6.51. The van der Waals surface area contributed by atoms with Crippen molar-refractivity contribution < 1.29 is 18.0 Å². The lowest BCUT2D eigenvalue weighted by atomic mass is 10.1. The van der Waals surface area contributed by atoms with E-state index in [0.29, 0.717) is 33.5 Å². The molecule has 0 saturated carbocycles. The maximum Gasteiger partial charge on any atom is 0.405 e. The first kappa shape index (κ1) is 17.3. The van der Waals surface area contributed by atoms with Crippen LogP contribution in [0, 0.1) is 6.92 Å². The molecule has 4 rings (SSSR count). The molecule has 3 aromatic rings. The molecule has 1 amide bonds. The van der Waals surface area contributed by atoms with Crippen LogP contribution in [0.1, 0.15) is 34.7 Å². The summed E-state index contributed by atoms with van der Waals surface area (Å²) < 4.78 is 37.6. The van der Waals surface area contributed by atoms with Crippen LogP contribution in [-0.2, 0) is 0 Å². The summed E-state index contributed by atoms with van der Waals surface area (Å²) in [6.45, 7) is 2.28. The Morgan fingerprint density at radius 2 is 2.00 bits per heavy atom. The van der Waals surface area contributed by atoms with Crippen LogP contribution >= 0.6 is 0 Å². The number of aryl methyl sites for hydroxylation is 1. The predicted octanol–water partition coefficient (Wildman–Crippen LogP) is 3.71. The third-order valence-electron chi connectivity index (χ3n) is 4.49. The van der Waals surface area contributed by atoms with E-state index in [1.165, 1.54) is 0 Å². The Labute approximate surface area is 152 Å². The first-order valence-corrected chi connectivity index (χ1v) is 8.35. The van der Waals surface area contributed by atoms with Crippen LogP contribution in [0.25, 0.3) is 22.3 Å². The van der Waals surface area contributed by atoms with E-state index in [0.717, 1.165) is 5.69 Å². The highest BCUT2D eigenvalue weighted by molar-refractivity contribution is 6.01. The predicted molar refractivity (Wildman–Crippen MR) is 94.5 cm³/mol. The van der Waals surface area contributed by atoms with E-state index in [1.54, 1.807) is 31.2 Å². The van der Waals surface area contributed by atoms with Crippen molar-refractivity contribution in [1.82, 2.24) is 20.3 Å². The first-order valence-electron chi connectivity index (χ1n) is 8.35. The number of aromatic amines is 1. The minimum absolute atomic E-state index is 0.0810. The molecule has 0 fully saturated rings. The largest absolute Gasteiger partial charge is 0.405 e. The third-order valence-corrected chi connectivity index (χ3v) is 4.49. The van der Waals surface area contributed by atoms with E-state index in [-0.39, 0.29) is 17.8 Å². The normalized spacial score (nSPS) is 16.5. The smallest absolute Gasteiger partial charge is 0.360 e. The van der Waals surface area contributed by atoms with Gasteiger partial charge in [-0.15, -0.1) is 0 Å². The Hall–Kier alpha value is -3.10. The SMILES string of the molecule is Cc1nc2cccc(-c3cc4c([nH]3)[C@H](C)NC4=O)c2nc1NCC(F)(F)F. The summed E-state index contributed by atoms with van der Waals surface area (Å²) in [5.74, 6) is -0.0767. The zero-order valence-corrected chi connectivity index (χ0v) is 14.5. The third kappa shape index (κ3) is 3.09. The molecule has 1 aromatic carbocycles. The summed E-state index contributed by atoms with van der Waals surface area (Å²) in [5.41, 5.74) is 4.09. The molecule has 0 unspecified atom stereocenters. The Morgan fingerprint density at radius 3 is 2.70 bits per heavy atom. The Bertz CT molecular complexity index is 1060. The number of hydrogen-bond acceptors (Lipinski definition) is 4. The van der Waals surface area contributed by atoms with Crippen LogP contribution in [0.4, 0.5) is 19.0 Å². The number of amides is 1. The second-order valence-corrected chi connectivity index (χ2v) is 6.51. The summed E-state index contributed by atoms with van der Waals surface area (Å²) in [6, 6.07) is 6.94. The number of carbonyl (C=O) groups is 1. The molecule has 6 nitrogen and oxygen atoms in total. The highest BCUT2D eigenvalue weighted by Crippen LogP contribution is 2.33. The number of nitrogens with one attached hydrogen (secondary N) is 3. The zero-order chi connectivity index (χ0) is 19.3. The molecule has 0 radical (unpaired) electrons. The van der Waals surface area contributed by atoms with Gasteiger partial charge in [-0.3, -0.25) is 4.79 Å². The number of nitrogens with zero attached hydrogens (tertiary/aromatic N) is 2. The Kier molecular flexibility index (Phi) is 3.83. The molecule has 2 aromatic heterocycles. The van der Waals surface area contributed by atoms with Crippen molar-refractivity contribution in [1.29, 1.82) is 0 Å². The molecule has 0 saturated heterocycles. The summed E-state index contributed by atoms with van der Waals surface area (Å²) >= 11 is 0. The number of benzene rings is 1. The van der Waals surface area contributed by atoms with E-state index < -0.39 is 12.7 Å². The van der Waals surface area contributed by atoms with Crippen LogP contribution in [0.5, 0.6) is 0 Å². The lowest BCUT2D eigenvalue weighted by molar-refractivity contribution is -0.115. The molecule has 0 spiro atoms. The van der Waals surface area contributed by atoms with Crippen molar-refractivity contribution in [3.63, 3.8) is 0 Å².